The average molecular weight is 328 g/mol. The van der Waals surface area contributed by atoms with Gasteiger partial charge in [-0.25, -0.2) is 13.1 Å². The highest BCUT2D eigenvalue weighted by molar-refractivity contribution is 7.89. The highest BCUT2D eigenvalue weighted by atomic mass is 32.2. The van der Waals surface area contributed by atoms with Crippen LogP contribution in [0.3, 0.4) is 0 Å². The summed E-state index contributed by atoms with van der Waals surface area (Å²) in [5.74, 6) is 0. The Balaban J connectivity index is 2.17. The molecule has 21 heavy (non-hydrogen) atoms. The minimum absolute atomic E-state index is 0.328. The predicted octanol–water partition coefficient (Wildman–Crippen LogP) is 1.93. The van der Waals surface area contributed by atoms with Crippen LogP contribution in [0.5, 0.6) is 0 Å². The zero-order chi connectivity index (χ0) is 15.5. The standard InChI is InChI=1S/C13H20N4O2S2/c1-4-14-8-12-5-13(10(3)20-12)21(18,19)17-9(2)11-6-15-16-7-11/h5-7,9,14,17H,4,8H2,1-3H3,(H,15,16). The molecule has 3 N–H and O–H groups in total. The topological polar surface area (TPSA) is 86.9 Å². The number of nitrogens with one attached hydrogen (secondary N) is 3. The van der Waals surface area contributed by atoms with Crippen LogP contribution in [-0.4, -0.2) is 25.2 Å². The summed E-state index contributed by atoms with van der Waals surface area (Å²) in [6.45, 7) is 7.19. The lowest BCUT2D eigenvalue weighted by molar-refractivity contribution is 0.567. The van der Waals surface area contributed by atoms with E-state index in [4.69, 9.17) is 0 Å². The van der Waals surface area contributed by atoms with Crippen LogP contribution < -0.4 is 10.0 Å². The maximum atomic E-state index is 12.5. The van der Waals surface area contributed by atoms with E-state index < -0.39 is 10.0 Å². The van der Waals surface area contributed by atoms with E-state index in [1.807, 2.05) is 13.8 Å². The van der Waals surface area contributed by atoms with E-state index in [2.05, 4.69) is 20.2 Å². The van der Waals surface area contributed by atoms with Crippen LogP contribution in [0.1, 0.15) is 35.2 Å². The largest absolute Gasteiger partial charge is 0.312 e. The second-order valence-electron chi connectivity index (χ2n) is 4.79. The first-order chi connectivity index (χ1) is 9.94. The zero-order valence-corrected chi connectivity index (χ0v) is 13.9. The van der Waals surface area contributed by atoms with Gasteiger partial charge in [0.2, 0.25) is 10.0 Å². The van der Waals surface area contributed by atoms with Gasteiger partial charge in [-0.1, -0.05) is 6.92 Å². The van der Waals surface area contributed by atoms with Crippen molar-refractivity contribution in [3.05, 3.63) is 33.8 Å². The second-order valence-corrected chi connectivity index (χ2v) is 7.81. The van der Waals surface area contributed by atoms with Crippen LogP contribution in [0.15, 0.2) is 23.4 Å². The van der Waals surface area contributed by atoms with Gasteiger partial charge in [-0.15, -0.1) is 11.3 Å². The third-order valence-corrected chi connectivity index (χ3v) is 5.96. The van der Waals surface area contributed by atoms with Crippen LogP contribution in [0.25, 0.3) is 0 Å². The summed E-state index contributed by atoms with van der Waals surface area (Å²) in [5, 5.41) is 9.72. The van der Waals surface area contributed by atoms with Crippen LogP contribution in [-0.2, 0) is 16.6 Å². The van der Waals surface area contributed by atoms with Gasteiger partial charge in [-0.05, 0) is 26.5 Å². The van der Waals surface area contributed by atoms with Crippen molar-refractivity contribution in [2.24, 2.45) is 0 Å². The Morgan fingerprint density at radius 3 is 2.86 bits per heavy atom. The molecule has 8 heteroatoms. The average Bonchev–Trinajstić information content (AvgIpc) is 3.05. The summed E-state index contributed by atoms with van der Waals surface area (Å²) in [6.07, 6.45) is 3.30. The third kappa shape index (κ3) is 3.91. The highest BCUT2D eigenvalue weighted by Crippen LogP contribution is 2.27. The molecule has 2 aromatic rings. The van der Waals surface area contributed by atoms with Crippen LogP contribution in [0.4, 0.5) is 0 Å². The minimum atomic E-state index is -3.53. The van der Waals surface area contributed by atoms with Crippen molar-refractivity contribution in [2.75, 3.05) is 6.54 Å². The molecule has 0 saturated carbocycles. The minimum Gasteiger partial charge on any atom is -0.312 e. The molecule has 1 unspecified atom stereocenters. The van der Waals surface area contributed by atoms with Crippen molar-refractivity contribution < 1.29 is 8.42 Å². The van der Waals surface area contributed by atoms with Crippen LogP contribution >= 0.6 is 11.3 Å². The summed E-state index contributed by atoms with van der Waals surface area (Å²) in [6, 6.07) is 1.41. The van der Waals surface area contributed by atoms with Crippen molar-refractivity contribution in [3.8, 4) is 0 Å². The third-order valence-electron chi connectivity index (χ3n) is 3.11. The van der Waals surface area contributed by atoms with Gasteiger partial charge in [-0.2, -0.15) is 5.10 Å². The molecule has 2 aromatic heterocycles. The van der Waals surface area contributed by atoms with E-state index >= 15 is 0 Å². The lowest BCUT2D eigenvalue weighted by Gasteiger charge is -2.12. The van der Waals surface area contributed by atoms with E-state index in [-0.39, 0.29) is 6.04 Å². The Bertz CT molecular complexity index is 677. The molecular weight excluding hydrogens is 308 g/mol. The normalized spacial score (nSPS) is 13.5. The summed E-state index contributed by atoms with van der Waals surface area (Å²) < 4.78 is 27.7. The molecule has 2 rings (SSSR count). The van der Waals surface area contributed by atoms with Gasteiger partial charge in [0.05, 0.1) is 11.1 Å². The van der Waals surface area contributed by atoms with Crippen LogP contribution in [0, 0.1) is 6.92 Å². The Hall–Kier alpha value is -1.22. The summed E-state index contributed by atoms with van der Waals surface area (Å²) >= 11 is 1.51. The predicted molar refractivity (Wildman–Crippen MR) is 83.8 cm³/mol. The first-order valence-electron chi connectivity index (χ1n) is 6.75. The lowest BCUT2D eigenvalue weighted by Crippen LogP contribution is -2.26. The first kappa shape index (κ1) is 16.2. The molecule has 0 aliphatic rings. The Morgan fingerprint density at radius 1 is 1.48 bits per heavy atom. The number of hydrogen-bond acceptors (Lipinski definition) is 5. The van der Waals surface area contributed by atoms with E-state index in [1.165, 1.54) is 11.3 Å². The van der Waals surface area contributed by atoms with Crippen molar-refractivity contribution in [1.82, 2.24) is 20.2 Å². The maximum Gasteiger partial charge on any atom is 0.242 e. The molecule has 0 spiro atoms. The van der Waals surface area contributed by atoms with Gasteiger partial charge in [0.25, 0.3) is 0 Å². The van der Waals surface area contributed by atoms with E-state index in [0.29, 0.717) is 11.4 Å². The Morgan fingerprint density at radius 2 is 2.24 bits per heavy atom. The molecular formula is C13H20N4O2S2. The number of aromatic nitrogens is 2. The molecule has 0 aromatic carbocycles. The smallest absolute Gasteiger partial charge is 0.242 e. The van der Waals surface area contributed by atoms with Gasteiger partial charge in [-0.3, -0.25) is 5.10 Å². The van der Waals surface area contributed by atoms with Gasteiger partial charge < -0.3 is 5.32 Å². The van der Waals surface area contributed by atoms with Gasteiger partial charge in [0, 0.05) is 34.1 Å². The van der Waals surface area contributed by atoms with Crippen molar-refractivity contribution in [1.29, 1.82) is 0 Å². The maximum absolute atomic E-state index is 12.5. The van der Waals surface area contributed by atoms with E-state index in [1.54, 1.807) is 25.4 Å². The van der Waals surface area contributed by atoms with Crippen molar-refractivity contribution in [3.63, 3.8) is 0 Å². The molecule has 0 radical (unpaired) electrons. The SMILES string of the molecule is CCNCc1cc(S(=O)(=O)NC(C)c2cn[nH]c2)c(C)s1. The molecule has 6 nitrogen and oxygen atoms in total. The number of aryl methyl sites for hydroxylation is 1. The monoisotopic (exact) mass is 328 g/mol. The molecule has 2 heterocycles. The molecule has 116 valence electrons. The number of rotatable bonds is 7. The molecule has 0 aliphatic heterocycles. The molecule has 0 saturated heterocycles. The molecule has 0 amide bonds. The Labute approximate surface area is 129 Å². The summed E-state index contributed by atoms with van der Waals surface area (Å²) in [4.78, 5) is 2.18. The number of thiophene rings is 1. The summed E-state index contributed by atoms with van der Waals surface area (Å²) in [5.41, 5.74) is 0.805. The van der Waals surface area contributed by atoms with Gasteiger partial charge in [0.15, 0.2) is 0 Å². The van der Waals surface area contributed by atoms with Crippen molar-refractivity contribution >= 4 is 21.4 Å². The molecule has 0 aliphatic carbocycles. The lowest BCUT2D eigenvalue weighted by atomic mass is 10.2. The number of hydrogen-bond donors (Lipinski definition) is 3. The molecule has 0 bridgehead atoms. The van der Waals surface area contributed by atoms with E-state index in [0.717, 1.165) is 21.9 Å². The molecule has 0 fully saturated rings. The van der Waals surface area contributed by atoms with Crippen LogP contribution in [0.2, 0.25) is 0 Å². The van der Waals surface area contributed by atoms with Gasteiger partial charge in [0.1, 0.15) is 0 Å². The van der Waals surface area contributed by atoms with E-state index in [9.17, 15) is 8.42 Å². The fourth-order valence-electron chi connectivity index (χ4n) is 1.99. The first-order valence-corrected chi connectivity index (χ1v) is 9.05. The fraction of sp³-hybridized carbons (Fsp3) is 0.462. The van der Waals surface area contributed by atoms with Crippen molar-refractivity contribution in [2.45, 2.75) is 38.3 Å². The highest BCUT2D eigenvalue weighted by Gasteiger charge is 2.22. The number of H-pyrrole nitrogens is 1. The zero-order valence-electron chi connectivity index (χ0n) is 12.3. The quantitative estimate of drug-likeness (QED) is 0.725. The second kappa shape index (κ2) is 6.69. The van der Waals surface area contributed by atoms with Gasteiger partial charge >= 0.3 is 0 Å². The number of nitrogens with zero attached hydrogens (tertiary/aromatic N) is 1. The summed E-state index contributed by atoms with van der Waals surface area (Å²) in [7, 11) is -3.53. The number of aromatic amines is 1. The Kier molecular flexibility index (Phi) is 5.15. The molecule has 1 atom stereocenters. The fourth-order valence-corrected chi connectivity index (χ4v) is 4.83. The number of sulfonamides is 1.